The summed E-state index contributed by atoms with van der Waals surface area (Å²) in [5.41, 5.74) is -0.109. The maximum atomic E-state index is 12.2. The Hall–Kier alpha value is -0.610. The molecular formula is C13H27N3O. The number of piperazine rings is 1. The van der Waals surface area contributed by atoms with Gasteiger partial charge < -0.3 is 10.6 Å². The van der Waals surface area contributed by atoms with E-state index in [2.05, 4.69) is 43.2 Å². The Labute approximate surface area is 105 Å². The molecule has 0 saturated carbocycles. The summed E-state index contributed by atoms with van der Waals surface area (Å²) in [5, 5.41) is 6.47. The van der Waals surface area contributed by atoms with Crippen LogP contribution < -0.4 is 10.6 Å². The molecule has 1 unspecified atom stereocenters. The summed E-state index contributed by atoms with van der Waals surface area (Å²) in [6.45, 7) is 13.3. The Bertz CT molecular complexity index is 265. The van der Waals surface area contributed by atoms with Crippen LogP contribution >= 0.6 is 0 Å². The van der Waals surface area contributed by atoms with E-state index in [-0.39, 0.29) is 17.5 Å². The smallest absolute Gasteiger partial charge is 0.237 e. The first kappa shape index (κ1) is 14.5. The van der Waals surface area contributed by atoms with E-state index in [0.29, 0.717) is 6.04 Å². The molecule has 100 valence electrons. The van der Waals surface area contributed by atoms with Gasteiger partial charge >= 0.3 is 0 Å². The van der Waals surface area contributed by atoms with Gasteiger partial charge in [0.15, 0.2) is 0 Å². The average Bonchev–Trinajstić information content (AvgIpc) is 2.28. The number of carbonyl (C=O) groups is 1. The molecule has 4 nitrogen and oxygen atoms in total. The minimum absolute atomic E-state index is 0.0436. The zero-order valence-corrected chi connectivity index (χ0v) is 11.8. The fourth-order valence-electron chi connectivity index (χ4n) is 2.11. The van der Waals surface area contributed by atoms with Crippen LogP contribution in [0.25, 0.3) is 0 Å². The first-order valence-electron chi connectivity index (χ1n) is 6.66. The molecule has 2 N–H and O–H groups in total. The fraction of sp³-hybridized carbons (Fsp3) is 0.923. The third kappa shape index (κ3) is 3.96. The minimum Gasteiger partial charge on any atom is -0.350 e. The van der Waals surface area contributed by atoms with E-state index < -0.39 is 0 Å². The largest absolute Gasteiger partial charge is 0.350 e. The zero-order chi connectivity index (χ0) is 13.1. The maximum Gasteiger partial charge on any atom is 0.237 e. The number of carbonyl (C=O) groups excluding carboxylic acids is 1. The van der Waals surface area contributed by atoms with Crippen molar-refractivity contribution < 1.29 is 4.79 Å². The van der Waals surface area contributed by atoms with Crippen molar-refractivity contribution in [2.75, 3.05) is 19.6 Å². The van der Waals surface area contributed by atoms with Crippen molar-refractivity contribution >= 4 is 5.91 Å². The van der Waals surface area contributed by atoms with E-state index in [1.165, 1.54) is 0 Å². The summed E-state index contributed by atoms with van der Waals surface area (Å²) in [4.78, 5) is 14.5. The number of nitrogens with zero attached hydrogens (tertiary/aromatic N) is 1. The van der Waals surface area contributed by atoms with Crippen LogP contribution in [0, 0.1) is 0 Å². The molecule has 4 heteroatoms. The molecular weight excluding hydrogens is 214 g/mol. The first-order chi connectivity index (χ1) is 7.87. The van der Waals surface area contributed by atoms with Crippen LogP contribution in [0.15, 0.2) is 0 Å². The summed E-state index contributed by atoms with van der Waals surface area (Å²) in [6, 6.07) is 0.382. The fourth-order valence-corrected chi connectivity index (χ4v) is 2.11. The Kier molecular flexibility index (Phi) is 4.95. The molecule has 0 aromatic carbocycles. The lowest BCUT2D eigenvalue weighted by atomic mass is 10.0. The van der Waals surface area contributed by atoms with Gasteiger partial charge in [0.25, 0.3) is 0 Å². The Morgan fingerprint density at radius 1 is 1.59 bits per heavy atom. The third-order valence-corrected chi connectivity index (χ3v) is 3.78. The average molecular weight is 241 g/mol. The highest BCUT2D eigenvalue weighted by molar-refractivity contribution is 5.82. The Morgan fingerprint density at radius 2 is 2.24 bits per heavy atom. The van der Waals surface area contributed by atoms with Crippen LogP contribution in [-0.4, -0.2) is 48.1 Å². The highest BCUT2D eigenvalue weighted by atomic mass is 16.2. The van der Waals surface area contributed by atoms with Gasteiger partial charge in [0.2, 0.25) is 5.91 Å². The van der Waals surface area contributed by atoms with Crippen molar-refractivity contribution in [3.8, 4) is 0 Å². The van der Waals surface area contributed by atoms with E-state index in [0.717, 1.165) is 26.1 Å². The van der Waals surface area contributed by atoms with Gasteiger partial charge in [-0.3, -0.25) is 9.69 Å². The first-order valence-corrected chi connectivity index (χ1v) is 6.66. The summed E-state index contributed by atoms with van der Waals surface area (Å²) in [5.74, 6) is 0.144. The van der Waals surface area contributed by atoms with Crippen molar-refractivity contribution in [2.45, 2.75) is 58.7 Å². The van der Waals surface area contributed by atoms with Crippen molar-refractivity contribution in [2.24, 2.45) is 0 Å². The normalized spacial score (nSPS) is 24.4. The van der Waals surface area contributed by atoms with Crippen molar-refractivity contribution in [3.05, 3.63) is 0 Å². The van der Waals surface area contributed by atoms with Gasteiger partial charge in [-0.25, -0.2) is 0 Å². The molecule has 0 bridgehead atoms. The van der Waals surface area contributed by atoms with E-state index in [1.54, 1.807) is 0 Å². The van der Waals surface area contributed by atoms with Crippen LogP contribution in [0.3, 0.4) is 0 Å². The Balaban J connectivity index is 2.56. The second-order valence-electron chi connectivity index (χ2n) is 5.69. The quantitative estimate of drug-likeness (QED) is 0.771. The molecule has 1 aliphatic rings. The summed E-state index contributed by atoms with van der Waals surface area (Å²) >= 11 is 0. The summed E-state index contributed by atoms with van der Waals surface area (Å²) < 4.78 is 0. The molecule has 1 heterocycles. The maximum absolute atomic E-state index is 12.2. The van der Waals surface area contributed by atoms with Gasteiger partial charge in [0, 0.05) is 31.2 Å². The number of hydrogen-bond acceptors (Lipinski definition) is 3. The number of hydrogen-bond donors (Lipinski definition) is 2. The van der Waals surface area contributed by atoms with Crippen LogP contribution in [0.1, 0.15) is 41.0 Å². The molecule has 1 rings (SSSR count). The number of rotatable bonds is 4. The van der Waals surface area contributed by atoms with E-state index >= 15 is 0 Å². The predicted octanol–water partition coefficient (Wildman–Crippen LogP) is 0.973. The standard InChI is InChI=1S/C13H27N3O/c1-6-13(4,5)15-12(17)11(3)16-8-7-14-9-10(16)2/h10-11,14H,6-9H2,1-5H3,(H,15,17)/t10-,11?/m1/s1. The van der Waals surface area contributed by atoms with Crippen LogP contribution in [0.4, 0.5) is 0 Å². The van der Waals surface area contributed by atoms with Crippen LogP contribution in [0.2, 0.25) is 0 Å². The van der Waals surface area contributed by atoms with Gasteiger partial charge in [-0.15, -0.1) is 0 Å². The molecule has 2 atom stereocenters. The molecule has 17 heavy (non-hydrogen) atoms. The number of amides is 1. The molecule has 1 fully saturated rings. The van der Waals surface area contributed by atoms with Crippen molar-refractivity contribution in [1.29, 1.82) is 0 Å². The lowest BCUT2D eigenvalue weighted by Crippen LogP contribution is -2.59. The zero-order valence-electron chi connectivity index (χ0n) is 11.8. The highest BCUT2D eigenvalue weighted by Crippen LogP contribution is 2.12. The van der Waals surface area contributed by atoms with Gasteiger partial charge in [0.1, 0.15) is 0 Å². The van der Waals surface area contributed by atoms with Crippen LogP contribution in [-0.2, 0) is 4.79 Å². The topological polar surface area (TPSA) is 44.4 Å². The SMILES string of the molecule is CCC(C)(C)NC(=O)C(C)N1CCNC[C@H]1C. The van der Waals surface area contributed by atoms with Crippen molar-refractivity contribution in [3.63, 3.8) is 0 Å². The van der Waals surface area contributed by atoms with E-state index in [1.807, 2.05) is 6.92 Å². The van der Waals surface area contributed by atoms with Crippen LogP contribution in [0.5, 0.6) is 0 Å². The molecule has 1 aliphatic heterocycles. The minimum atomic E-state index is -0.109. The number of nitrogens with one attached hydrogen (secondary N) is 2. The molecule has 0 aromatic rings. The Morgan fingerprint density at radius 3 is 2.76 bits per heavy atom. The molecule has 0 radical (unpaired) electrons. The van der Waals surface area contributed by atoms with E-state index in [9.17, 15) is 4.79 Å². The second kappa shape index (κ2) is 5.83. The summed E-state index contributed by atoms with van der Waals surface area (Å²) in [6.07, 6.45) is 0.947. The summed E-state index contributed by atoms with van der Waals surface area (Å²) in [7, 11) is 0. The highest BCUT2D eigenvalue weighted by Gasteiger charge is 2.29. The molecule has 0 aliphatic carbocycles. The van der Waals surface area contributed by atoms with Gasteiger partial charge in [-0.05, 0) is 34.1 Å². The third-order valence-electron chi connectivity index (χ3n) is 3.78. The van der Waals surface area contributed by atoms with Gasteiger partial charge in [-0.2, -0.15) is 0 Å². The van der Waals surface area contributed by atoms with Gasteiger partial charge in [0.05, 0.1) is 6.04 Å². The van der Waals surface area contributed by atoms with E-state index in [4.69, 9.17) is 0 Å². The lowest BCUT2D eigenvalue weighted by Gasteiger charge is -2.38. The predicted molar refractivity (Wildman–Crippen MR) is 71.0 cm³/mol. The van der Waals surface area contributed by atoms with Gasteiger partial charge in [-0.1, -0.05) is 6.92 Å². The molecule has 1 amide bonds. The lowest BCUT2D eigenvalue weighted by molar-refractivity contribution is -0.128. The molecule has 0 spiro atoms. The molecule has 0 aromatic heterocycles. The second-order valence-corrected chi connectivity index (χ2v) is 5.69. The van der Waals surface area contributed by atoms with Crippen molar-refractivity contribution in [1.82, 2.24) is 15.5 Å². The monoisotopic (exact) mass is 241 g/mol. The molecule has 1 saturated heterocycles.